The summed E-state index contributed by atoms with van der Waals surface area (Å²) in [6, 6.07) is 0. The number of carbonyl (C=O) groups excluding carboxylic acids is 9. The lowest BCUT2D eigenvalue weighted by molar-refractivity contribution is -0.362. The van der Waals surface area contributed by atoms with E-state index in [0.717, 1.165) is 52.7 Å². The summed E-state index contributed by atoms with van der Waals surface area (Å²) in [5.41, 5.74) is -0.903. The zero-order valence-corrected chi connectivity index (χ0v) is 47.6. The maximum atomic E-state index is 13.2. The largest absolute Gasteiger partial charge is 0.463 e. The van der Waals surface area contributed by atoms with E-state index >= 15 is 0 Å². The minimum absolute atomic E-state index is 0.0356. The first-order valence-corrected chi connectivity index (χ1v) is 27.1. The van der Waals surface area contributed by atoms with Crippen LogP contribution in [-0.2, 0) is 105 Å². The fraction of sp³-hybridized carbons (Fsp3) is 0.768. The molecule has 23 heteroatoms. The van der Waals surface area contributed by atoms with E-state index in [1.807, 2.05) is 13.8 Å². The van der Waals surface area contributed by atoms with Gasteiger partial charge in [-0.1, -0.05) is 31.1 Å². The second-order valence-electron chi connectivity index (χ2n) is 23.0. The number of ether oxygens (including phenoxy) is 13. The van der Waals surface area contributed by atoms with Crippen LogP contribution >= 0.6 is 0 Å². The molecule has 23 nitrogen and oxygen atoms in total. The standard InChI is InChI=1S/C56H78O23/c1-24-19-44(78-51(65)25(24)2)56(14,66)41-18-17-38-37-16-15-35-20-36(21-42(69-28(5)58)54(35,12)39(37)22-43(55(38,41)13)70-29(6)59)76-53-50(75-34(11)64)48(73-32(9)62)46(40(77-53)23-67-27(4)57)79-52-49(74-33(10)63)47(72-31(8)61)45(26(3)68-52)71-30(7)60/h15,26,36-50,52-53,66H,16-23H2,1-14H3/t26-,36+,37-,38-,39-,40+,41-,42-,43+,44+,45-,46+,47+,48-,49+,50+,52-,53+,54-,55-,56+/m0/s1. The van der Waals surface area contributed by atoms with Gasteiger partial charge < -0.3 is 66.7 Å². The molecule has 0 bridgehead atoms. The Kier molecular flexibility index (Phi) is 18.5. The average molecular weight is 1120 g/mol. The fourth-order valence-corrected chi connectivity index (χ4v) is 14.4. The van der Waals surface area contributed by atoms with Crippen molar-refractivity contribution in [3.05, 3.63) is 22.8 Å². The van der Waals surface area contributed by atoms with Gasteiger partial charge in [0.1, 0.15) is 42.7 Å². The van der Waals surface area contributed by atoms with Gasteiger partial charge in [0.05, 0.1) is 12.2 Å². The van der Waals surface area contributed by atoms with Gasteiger partial charge in [0.2, 0.25) is 0 Å². The Bertz CT molecular complexity index is 2460. The molecule has 7 rings (SSSR count). The van der Waals surface area contributed by atoms with Crippen molar-refractivity contribution < 1.29 is 110 Å². The van der Waals surface area contributed by atoms with Crippen LogP contribution in [0.2, 0.25) is 0 Å². The molecule has 3 aliphatic heterocycles. The van der Waals surface area contributed by atoms with Crippen LogP contribution in [0.1, 0.15) is 142 Å². The Balaban J connectivity index is 1.23. The molecule has 21 atom stereocenters. The molecule has 0 radical (unpaired) electrons. The van der Waals surface area contributed by atoms with E-state index in [4.69, 9.17) is 61.6 Å². The SMILES string of the molecule is CC(=O)OC[C@H]1O[C@@H](O[C@@H]2CC3=CC[C@@H]4[C@H](C[C@@H](OC(C)=O)[C@]5(C)[C@@H]([C@@](C)(O)[C@H]6CC(C)=C(C)C(=O)O6)CC[C@@H]45)[C@@]3(C)[C@@H](OC(C)=O)C2)[C@H](OC(C)=O)[C@@H](OC(C)=O)[C@@H]1O[C@@H]1O[C@@H](C)[C@H](OC(C)=O)[C@@H](OC(C)=O)[C@H]1OC(C)=O. The quantitative estimate of drug-likeness (QED) is 0.134. The first-order chi connectivity index (χ1) is 36.9. The summed E-state index contributed by atoms with van der Waals surface area (Å²) in [6.45, 7) is 19.5. The second-order valence-corrected chi connectivity index (χ2v) is 23.0. The van der Waals surface area contributed by atoms with Gasteiger partial charge in [0.25, 0.3) is 0 Å². The molecule has 2 saturated heterocycles. The van der Waals surface area contributed by atoms with E-state index in [1.165, 1.54) is 20.8 Å². The zero-order valence-electron chi connectivity index (χ0n) is 47.6. The third kappa shape index (κ3) is 12.5. The summed E-state index contributed by atoms with van der Waals surface area (Å²) >= 11 is 0. The van der Waals surface area contributed by atoms with Crippen LogP contribution in [0.5, 0.6) is 0 Å². The number of cyclic esters (lactones) is 1. The van der Waals surface area contributed by atoms with E-state index in [0.29, 0.717) is 37.7 Å². The first kappa shape index (κ1) is 61.1. The molecule has 3 saturated carbocycles. The van der Waals surface area contributed by atoms with Gasteiger partial charge >= 0.3 is 53.7 Å². The molecule has 0 unspecified atom stereocenters. The number of fused-ring (bicyclic) bond motifs is 5. The summed E-state index contributed by atoms with van der Waals surface area (Å²) < 4.78 is 78.4. The van der Waals surface area contributed by atoms with E-state index in [1.54, 1.807) is 13.8 Å². The molecular weight excluding hydrogens is 1040 g/mol. The van der Waals surface area contributed by atoms with Crippen molar-refractivity contribution in [1.29, 1.82) is 0 Å². The minimum atomic E-state index is -1.71. The van der Waals surface area contributed by atoms with Crippen molar-refractivity contribution in [2.24, 2.45) is 34.5 Å². The molecule has 7 aliphatic rings. The van der Waals surface area contributed by atoms with Crippen LogP contribution < -0.4 is 0 Å². The molecule has 4 aliphatic carbocycles. The number of hydrogen-bond acceptors (Lipinski definition) is 23. The normalized spacial score (nSPS) is 39.5. The maximum Gasteiger partial charge on any atom is 0.334 e. The lowest BCUT2D eigenvalue weighted by Crippen LogP contribution is -2.67. The van der Waals surface area contributed by atoms with Crippen molar-refractivity contribution >= 4 is 53.7 Å². The summed E-state index contributed by atoms with van der Waals surface area (Å²) in [6.07, 6.45) is -13.5. The van der Waals surface area contributed by atoms with Crippen LogP contribution in [0.4, 0.5) is 0 Å². The minimum Gasteiger partial charge on any atom is -0.463 e. The summed E-state index contributed by atoms with van der Waals surface area (Å²) in [4.78, 5) is 115. The van der Waals surface area contributed by atoms with E-state index in [-0.39, 0.29) is 30.6 Å². The monoisotopic (exact) mass is 1120 g/mol. The molecule has 3 heterocycles. The number of rotatable bonds is 15. The molecular formula is C56H78O23. The first-order valence-electron chi connectivity index (χ1n) is 27.1. The van der Waals surface area contributed by atoms with Gasteiger partial charge in [-0.05, 0) is 77.6 Å². The van der Waals surface area contributed by atoms with Gasteiger partial charge in [0, 0.05) is 90.6 Å². The Morgan fingerprint density at radius 3 is 1.70 bits per heavy atom. The zero-order chi connectivity index (χ0) is 58.4. The van der Waals surface area contributed by atoms with E-state index in [2.05, 4.69) is 13.0 Å². The molecule has 0 aromatic rings. The highest BCUT2D eigenvalue weighted by molar-refractivity contribution is 5.89. The van der Waals surface area contributed by atoms with Crippen LogP contribution in [0, 0.1) is 34.5 Å². The second kappa shape index (κ2) is 23.9. The van der Waals surface area contributed by atoms with Crippen LogP contribution in [0.15, 0.2) is 22.8 Å². The Morgan fingerprint density at radius 1 is 0.633 bits per heavy atom. The molecule has 5 fully saturated rings. The predicted molar refractivity (Wildman–Crippen MR) is 268 cm³/mol. The lowest BCUT2D eigenvalue weighted by Gasteiger charge is -2.62. The Morgan fingerprint density at radius 2 is 1.15 bits per heavy atom. The van der Waals surface area contributed by atoms with Gasteiger partial charge in [-0.3, -0.25) is 38.4 Å². The number of aliphatic hydroxyl groups is 1. The average Bonchev–Trinajstić information content (AvgIpc) is 3.21. The smallest absolute Gasteiger partial charge is 0.334 e. The summed E-state index contributed by atoms with van der Waals surface area (Å²) in [5, 5.41) is 12.6. The van der Waals surface area contributed by atoms with Crippen molar-refractivity contribution in [2.75, 3.05) is 6.61 Å². The Labute approximate surface area is 459 Å². The van der Waals surface area contributed by atoms with Crippen LogP contribution in [0.3, 0.4) is 0 Å². The highest BCUT2D eigenvalue weighted by Gasteiger charge is 2.69. The van der Waals surface area contributed by atoms with Crippen LogP contribution in [-0.4, -0.2) is 157 Å². The Hall–Kier alpha value is -5.49. The van der Waals surface area contributed by atoms with Gasteiger partial charge in [-0.15, -0.1) is 0 Å². The molecule has 440 valence electrons. The molecule has 0 aromatic heterocycles. The van der Waals surface area contributed by atoms with Gasteiger partial charge in [0.15, 0.2) is 43.1 Å². The van der Waals surface area contributed by atoms with E-state index < -0.39 is 169 Å². The maximum absolute atomic E-state index is 13.2. The number of allylic oxidation sites excluding steroid dienone is 1. The van der Waals surface area contributed by atoms with Crippen molar-refractivity contribution in [3.8, 4) is 0 Å². The third-order valence-electron chi connectivity index (χ3n) is 17.8. The third-order valence-corrected chi connectivity index (χ3v) is 17.8. The highest BCUT2D eigenvalue weighted by atomic mass is 16.8. The summed E-state index contributed by atoms with van der Waals surface area (Å²) in [7, 11) is 0. The van der Waals surface area contributed by atoms with Crippen molar-refractivity contribution in [2.45, 2.75) is 233 Å². The predicted octanol–water partition coefficient (Wildman–Crippen LogP) is 4.51. The molecule has 0 amide bonds. The van der Waals surface area contributed by atoms with E-state index in [9.17, 15) is 48.3 Å². The molecule has 79 heavy (non-hydrogen) atoms. The number of carbonyl (C=O) groups is 9. The van der Waals surface area contributed by atoms with Crippen molar-refractivity contribution in [3.63, 3.8) is 0 Å². The topological polar surface area (TPSA) is 294 Å². The summed E-state index contributed by atoms with van der Waals surface area (Å²) in [5.74, 6) is -7.35. The molecule has 1 N–H and O–H groups in total. The van der Waals surface area contributed by atoms with Gasteiger partial charge in [-0.2, -0.15) is 0 Å². The van der Waals surface area contributed by atoms with Gasteiger partial charge in [-0.25, -0.2) is 4.79 Å². The molecule has 0 spiro atoms. The van der Waals surface area contributed by atoms with Crippen LogP contribution in [0.25, 0.3) is 0 Å². The fourth-order valence-electron chi connectivity index (χ4n) is 14.4. The molecule has 0 aromatic carbocycles. The highest BCUT2D eigenvalue weighted by Crippen LogP contribution is 2.69. The lowest BCUT2D eigenvalue weighted by atomic mass is 9.45. The number of hydrogen-bond donors (Lipinski definition) is 1. The number of esters is 9. The van der Waals surface area contributed by atoms with Crippen molar-refractivity contribution in [1.82, 2.24) is 0 Å².